The second-order valence-electron chi connectivity index (χ2n) is 7.80. The van der Waals surface area contributed by atoms with Crippen LogP contribution in [0.3, 0.4) is 0 Å². The number of esters is 1. The van der Waals surface area contributed by atoms with Crippen LogP contribution < -0.4 is 4.74 Å². The monoisotopic (exact) mass is 402 g/mol. The summed E-state index contributed by atoms with van der Waals surface area (Å²) < 4.78 is 16.1. The van der Waals surface area contributed by atoms with Gasteiger partial charge in [-0.2, -0.15) is 0 Å². The normalized spacial score (nSPS) is 12.0. The first-order valence-corrected chi connectivity index (χ1v) is 9.64. The van der Waals surface area contributed by atoms with Crippen LogP contribution in [0, 0.1) is 13.8 Å². The molecule has 0 amide bonds. The average Bonchev–Trinajstić information content (AvgIpc) is 3.02. The van der Waals surface area contributed by atoms with E-state index in [0.717, 1.165) is 28.3 Å². The van der Waals surface area contributed by atoms with E-state index in [2.05, 4.69) is 10.1 Å². The van der Waals surface area contributed by atoms with Crippen molar-refractivity contribution in [1.82, 2.24) is 4.98 Å². The fourth-order valence-electron chi connectivity index (χ4n) is 2.50. The number of rotatable bonds is 8. The number of carbonyl (C=O) groups is 1. The lowest BCUT2D eigenvalue weighted by Gasteiger charge is -2.11. The van der Waals surface area contributed by atoms with Crippen molar-refractivity contribution >= 4 is 11.7 Å². The van der Waals surface area contributed by atoms with Crippen molar-refractivity contribution in [3.8, 4) is 5.75 Å². The number of ether oxygens (including phenoxy) is 2. The summed E-state index contributed by atoms with van der Waals surface area (Å²) in [6.45, 7) is 14.0. The van der Waals surface area contributed by atoms with Gasteiger partial charge >= 0.3 is 5.97 Å². The quantitative estimate of drug-likeness (QED) is 0.368. The summed E-state index contributed by atoms with van der Waals surface area (Å²) in [5.74, 6) is 1.66. The summed E-state index contributed by atoms with van der Waals surface area (Å²) in [4.78, 5) is 21.4. The minimum Gasteiger partial charge on any atom is -0.482 e. The molecule has 29 heavy (non-hydrogen) atoms. The molecule has 7 heteroatoms. The van der Waals surface area contributed by atoms with E-state index in [1.165, 1.54) is 0 Å². The summed E-state index contributed by atoms with van der Waals surface area (Å²) in [5, 5.41) is 4.19. The second-order valence-corrected chi connectivity index (χ2v) is 7.80. The molecule has 0 fully saturated rings. The lowest BCUT2D eigenvalue weighted by Crippen LogP contribution is -2.15. The maximum Gasteiger partial charge on any atom is 0.344 e. The molecule has 1 aromatic carbocycles. The van der Waals surface area contributed by atoms with Crippen LogP contribution in [0.4, 0.5) is 0 Å². The van der Waals surface area contributed by atoms with Crippen molar-refractivity contribution in [3.05, 3.63) is 46.7 Å². The number of oxime groups is 1. The highest BCUT2D eigenvalue weighted by Crippen LogP contribution is 2.24. The largest absolute Gasteiger partial charge is 0.482 e. The summed E-state index contributed by atoms with van der Waals surface area (Å²) >= 11 is 0. The van der Waals surface area contributed by atoms with E-state index in [4.69, 9.17) is 18.7 Å². The van der Waals surface area contributed by atoms with Crippen LogP contribution in [0.15, 0.2) is 27.8 Å². The van der Waals surface area contributed by atoms with E-state index in [1.807, 2.05) is 53.7 Å². The summed E-state index contributed by atoms with van der Waals surface area (Å²) in [5.41, 5.74) is 3.10. The number of nitrogens with zero attached hydrogens (tertiary/aromatic N) is 2. The van der Waals surface area contributed by atoms with E-state index in [0.29, 0.717) is 18.2 Å². The Bertz CT molecular complexity index is 878. The molecule has 0 atom stereocenters. The third-order valence-electron chi connectivity index (χ3n) is 4.18. The zero-order valence-corrected chi connectivity index (χ0v) is 18.3. The fourth-order valence-corrected chi connectivity index (χ4v) is 2.50. The molecule has 0 saturated heterocycles. The Hall–Kier alpha value is -2.83. The van der Waals surface area contributed by atoms with Gasteiger partial charge in [-0.05, 0) is 57.0 Å². The Morgan fingerprint density at radius 3 is 2.55 bits per heavy atom. The number of aromatic nitrogens is 1. The van der Waals surface area contributed by atoms with Crippen LogP contribution in [-0.4, -0.2) is 29.9 Å². The van der Waals surface area contributed by atoms with E-state index in [1.54, 1.807) is 13.0 Å². The van der Waals surface area contributed by atoms with Crippen molar-refractivity contribution in [2.75, 3.05) is 13.2 Å². The average molecular weight is 402 g/mol. The maximum absolute atomic E-state index is 11.4. The first-order valence-electron chi connectivity index (χ1n) is 9.64. The Labute approximate surface area is 172 Å². The van der Waals surface area contributed by atoms with Crippen LogP contribution in [-0.2, 0) is 26.4 Å². The van der Waals surface area contributed by atoms with Gasteiger partial charge in [0.25, 0.3) is 0 Å². The molecule has 1 aromatic heterocycles. The van der Waals surface area contributed by atoms with Gasteiger partial charge in [-0.3, -0.25) is 0 Å². The van der Waals surface area contributed by atoms with E-state index < -0.39 is 0 Å². The zero-order valence-electron chi connectivity index (χ0n) is 18.3. The standard InChI is InChI=1S/C22H30N2O5/c1-8-26-20(25)13-27-19-10-9-17(11-14(19)2)15(3)24-28-12-18-16(4)29-21(23-18)22(5,6)7/h9-11H,8,12-13H2,1-7H3/b24-15+. The van der Waals surface area contributed by atoms with Crippen LogP contribution >= 0.6 is 0 Å². The van der Waals surface area contributed by atoms with Gasteiger partial charge in [0.2, 0.25) is 0 Å². The first kappa shape index (κ1) is 22.5. The van der Waals surface area contributed by atoms with Gasteiger partial charge in [-0.25, -0.2) is 9.78 Å². The lowest BCUT2D eigenvalue weighted by molar-refractivity contribution is -0.145. The van der Waals surface area contributed by atoms with Gasteiger partial charge in [0.1, 0.15) is 17.2 Å². The van der Waals surface area contributed by atoms with Crippen molar-refractivity contribution in [2.45, 2.75) is 60.5 Å². The molecule has 158 valence electrons. The highest BCUT2D eigenvalue weighted by Gasteiger charge is 2.22. The molecule has 0 aliphatic carbocycles. The molecule has 0 aliphatic rings. The summed E-state index contributed by atoms with van der Waals surface area (Å²) in [6, 6.07) is 5.61. The maximum atomic E-state index is 11.4. The minimum atomic E-state index is -0.389. The van der Waals surface area contributed by atoms with Gasteiger partial charge in [0, 0.05) is 5.41 Å². The third kappa shape index (κ3) is 6.34. The van der Waals surface area contributed by atoms with E-state index in [9.17, 15) is 4.79 Å². The molecular formula is C22H30N2O5. The van der Waals surface area contributed by atoms with Gasteiger partial charge in [-0.1, -0.05) is 25.9 Å². The second kappa shape index (κ2) is 9.58. The van der Waals surface area contributed by atoms with Crippen molar-refractivity contribution in [3.63, 3.8) is 0 Å². The molecule has 2 aromatic rings. The Morgan fingerprint density at radius 1 is 1.24 bits per heavy atom. The van der Waals surface area contributed by atoms with Crippen LogP contribution in [0.5, 0.6) is 5.75 Å². The van der Waals surface area contributed by atoms with Crippen LogP contribution in [0.25, 0.3) is 0 Å². The first-order chi connectivity index (χ1) is 13.6. The molecule has 1 heterocycles. The number of aryl methyl sites for hydroxylation is 2. The lowest BCUT2D eigenvalue weighted by atomic mass is 9.97. The number of hydrogen-bond donors (Lipinski definition) is 0. The van der Waals surface area contributed by atoms with Crippen molar-refractivity contribution in [2.24, 2.45) is 5.16 Å². The van der Waals surface area contributed by atoms with Crippen molar-refractivity contribution < 1.29 is 23.5 Å². The molecule has 0 N–H and O–H groups in total. The molecule has 0 spiro atoms. The Balaban J connectivity index is 1.98. The van der Waals surface area contributed by atoms with Crippen molar-refractivity contribution in [1.29, 1.82) is 0 Å². The van der Waals surface area contributed by atoms with Crippen LogP contribution in [0.2, 0.25) is 0 Å². The molecule has 0 radical (unpaired) electrons. The van der Waals surface area contributed by atoms with Gasteiger partial charge in [-0.15, -0.1) is 0 Å². The number of carbonyl (C=O) groups excluding carboxylic acids is 1. The molecule has 0 bridgehead atoms. The Morgan fingerprint density at radius 2 is 1.97 bits per heavy atom. The number of hydrogen-bond acceptors (Lipinski definition) is 7. The predicted molar refractivity (Wildman–Crippen MR) is 110 cm³/mol. The van der Waals surface area contributed by atoms with Gasteiger partial charge < -0.3 is 18.7 Å². The highest BCUT2D eigenvalue weighted by atomic mass is 16.6. The van der Waals surface area contributed by atoms with Gasteiger partial charge in [0.05, 0.1) is 12.3 Å². The van der Waals surface area contributed by atoms with E-state index >= 15 is 0 Å². The molecule has 0 unspecified atom stereocenters. The third-order valence-corrected chi connectivity index (χ3v) is 4.18. The summed E-state index contributed by atoms with van der Waals surface area (Å²) in [7, 11) is 0. The smallest absolute Gasteiger partial charge is 0.344 e. The number of oxazole rings is 1. The summed E-state index contributed by atoms with van der Waals surface area (Å²) in [6.07, 6.45) is 0. The highest BCUT2D eigenvalue weighted by molar-refractivity contribution is 5.98. The molecule has 0 saturated carbocycles. The van der Waals surface area contributed by atoms with Gasteiger partial charge in [0.15, 0.2) is 19.1 Å². The molecule has 7 nitrogen and oxygen atoms in total. The topological polar surface area (TPSA) is 83.2 Å². The van der Waals surface area contributed by atoms with Crippen LogP contribution in [0.1, 0.15) is 63.1 Å². The Kier molecular flexibility index (Phi) is 7.42. The SMILES string of the molecule is CCOC(=O)COc1ccc(/C(C)=N/OCc2nc(C(C)(C)C)oc2C)cc1C. The molecule has 0 aliphatic heterocycles. The number of benzene rings is 1. The molecular weight excluding hydrogens is 372 g/mol. The van der Waals surface area contributed by atoms with E-state index in [-0.39, 0.29) is 24.6 Å². The minimum absolute atomic E-state index is 0.113. The molecule has 2 rings (SSSR count). The zero-order chi connectivity index (χ0) is 21.6. The fraction of sp³-hybridized carbons (Fsp3) is 0.500. The predicted octanol–water partition coefficient (Wildman–Crippen LogP) is 4.47.